The van der Waals surface area contributed by atoms with Gasteiger partial charge in [0.2, 0.25) is 0 Å². The molecule has 7 heteroatoms. The fraction of sp³-hybridized carbons (Fsp3) is 0.810. The summed E-state index contributed by atoms with van der Waals surface area (Å²) in [5.74, 6) is 0.252. The van der Waals surface area contributed by atoms with Gasteiger partial charge in [0.25, 0.3) is 0 Å². The highest BCUT2D eigenvalue weighted by Gasteiger charge is 2.59. The molecule has 0 unspecified atom stereocenters. The lowest BCUT2D eigenvalue weighted by Crippen LogP contribution is -2.32. The van der Waals surface area contributed by atoms with Gasteiger partial charge in [-0.1, -0.05) is 38.8 Å². The van der Waals surface area contributed by atoms with Crippen molar-refractivity contribution in [3.63, 3.8) is 0 Å². The van der Waals surface area contributed by atoms with Gasteiger partial charge in [0.05, 0.1) is 0 Å². The predicted octanol–water partition coefficient (Wildman–Crippen LogP) is 6.34. The standard InChI is InChI=1S/C21H31F3O3S/c1-13-6-7-14(2)15(13)8-9-16-17(27-28(25,26)21(22,23)24)12-20(5)11-10-19(3,4)18(16)20/h12-13,16,18H,6-11H2,1-5H3/t13-,16-,18-,20-/m1/s1. The number of fused-ring (bicyclic) bond motifs is 1. The van der Waals surface area contributed by atoms with Crippen molar-refractivity contribution in [3.05, 3.63) is 23.0 Å². The summed E-state index contributed by atoms with van der Waals surface area (Å²) in [4.78, 5) is 0. The summed E-state index contributed by atoms with van der Waals surface area (Å²) in [5, 5.41) is 0. The maximum atomic E-state index is 12.9. The minimum Gasteiger partial charge on any atom is -0.381 e. The van der Waals surface area contributed by atoms with Gasteiger partial charge in [-0.15, -0.1) is 0 Å². The zero-order valence-corrected chi connectivity index (χ0v) is 18.1. The van der Waals surface area contributed by atoms with E-state index in [1.165, 1.54) is 11.1 Å². The Hall–Kier alpha value is -0.980. The van der Waals surface area contributed by atoms with Crippen molar-refractivity contribution in [2.24, 2.45) is 28.6 Å². The molecule has 3 aliphatic carbocycles. The van der Waals surface area contributed by atoms with Crippen LogP contribution in [0.2, 0.25) is 0 Å². The Morgan fingerprint density at radius 3 is 2.39 bits per heavy atom. The van der Waals surface area contributed by atoms with E-state index in [4.69, 9.17) is 4.18 Å². The maximum absolute atomic E-state index is 12.9. The van der Waals surface area contributed by atoms with Gasteiger partial charge < -0.3 is 4.18 Å². The van der Waals surface area contributed by atoms with E-state index in [2.05, 4.69) is 27.7 Å². The number of allylic oxidation sites excluding steroid dienone is 4. The van der Waals surface area contributed by atoms with Gasteiger partial charge in [-0.3, -0.25) is 0 Å². The summed E-state index contributed by atoms with van der Waals surface area (Å²) >= 11 is 0. The van der Waals surface area contributed by atoms with E-state index >= 15 is 0 Å². The largest absolute Gasteiger partial charge is 0.534 e. The van der Waals surface area contributed by atoms with Crippen LogP contribution < -0.4 is 0 Å². The zero-order valence-electron chi connectivity index (χ0n) is 17.3. The van der Waals surface area contributed by atoms with Crippen LogP contribution in [0.4, 0.5) is 13.2 Å². The molecule has 0 spiro atoms. The zero-order chi connectivity index (χ0) is 21.1. The fourth-order valence-corrected chi connectivity index (χ4v) is 6.61. The Morgan fingerprint density at radius 2 is 1.86 bits per heavy atom. The lowest BCUT2D eigenvalue weighted by atomic mass is 9.68. The number of halogens is 3. The summed E-state index contributed by atoms with van der Waals surface area (Å²) in [6.07, 6.45) is 7.07. The summed E-state index contributed by atoms with van der Waals surface area (Å²) in [6.45, 7) is 10.6. The molecule has 3 rings (SSSR count). The van der Waals surface area contributed by atoms with Gasteiger partial charge in [-0.25, -0.2) is 0 Å². The van der Waals surface area contributed by atoms with Crippen LogP contribution in [0.15, 0.2) is 23.0 Å². The van der Waals surface area contributed by atoms with Gasteiger partial charge in [0.1, 0.15) is 5.76 Å². The first-order chi connectivity index (χ1) is 12.7. The lowest BCUT2D eigenvalue weighted by molar-refractivity contribution is -0.0529. The van der Waals surface area contributed by atoms with Crippen LogP contribution in [0.3, 0.4) is 0 Å². The highest BCUT2D eigenvalue weighted by Crippen LogP contribution is 2.64. The fourth-order valence-electron chi connectivity index (χ4n) is 6.09. The summed E-state index contributed by atoms with van der Waals surface area (Å²) in [7, 11) is -5.65. The van der Waals surface area contributed by atoms with E-state index in [9.17, 15) is 21.6 Å². The van der Waals surface area contributed by atoms with E-state index < -0.39 is 15.6 Å². The molecule has 0 aromatic heterocycles. The smallest absolute Gasteiger partial charge is 0.381 e. The molecule has 0 N–H and O–H groups in total. The van der Waals surface area contributed by atoms with Crippen LogP contribution in [-0.2, 0) is 14.3 Å². The first-order valence-electron chi connectivity index (χ1n) is 10.1. The second-order valence-electron chi connectivity index (χ2n) is 9.89. The van der Waals surface area contributed by atoms with E-state index in [1.54, 1.807) is 6.08 Å². The van der Waals surface area contributed by atoms with E-state index in [0.29, 0.717) is 12.3 Å². The third-order valence-electron chi connectivity index (χ3n) is 7.41. The van der Waals surface area contributed by atoms with Gasteiger partial charge in [-0.2, -0.15) is 21.6 Å². The van der Waals surface area contributed by atoms with E-state index in [-0.39, 0.29) is 28.4 Å². The molecule has 1 saturated carbocycles. The predicted molar refractivity (Wildman–Crippen MR) is 103 cm³/mol. The van der Waals surface area contributed by atoms with Gasteiger partial charge in [-0.05, 0) is 74.2 Å². The molecule has 0 amide bonds. The van der Waals surface area contributed by atoms with Crippen molar-refractivity contribution in [2.45, 2.75) is 78.7 Å². The number of hydrogen-bond donors (Lipinski definition) is 0. The monoisotopic (exact) mass is 420 g/mol. The average molecular weight is 421 g/mol. The third kappa shape index (κ3) is 3.63. The first-order valence-corrected chi connectivity index (χ1v) is 11.5. The molecule has 0 aromatic rings. The highest BCUT2D eigenvalue weighted by molar-refractivity contribution is 7.87. The summed E-state index contributed by atoms with van der Waals surface area (Å²) < 4.78 is 67.0. The van der Waals surface area contributed by atoms with Crippen molar-refractivity contribution in [1.82, 2.24) is 0 Å². The minimum absolute atomic E-state index is 0.00139. The second-order valence-corrected chi connectivity index (χ2v) is 11.4. The van der Waals surface area contributed by atoms with Crippen molar-refractivity contribution in [1.29, 1.82) is 0 Å². The van der Waals surface area contributed by atoms with Crippen molar-refractivity contribution >= 4 is 10.1 Å². The summed E-state index contributed by atoms with van der Waals surface area (Å²) in [5.41, 5.74) is -3.06. The van der Waals surface area contributed by atoms with Crippen LogP contribution in [0.1, 0.15) is 73.1 Å². The second kappa shape index (κ2) is 6.78. The molecule has 4 atom stereocenters. The molecule has 28 heavy (non-hydrogen) atoms. The average Bonchev–Trinajstić information content (AvgIpc) is 3.08. The van der Waals surface area contributed by atoms with Gasteiger partial charge in [0, 0.05) is 5.92 Å². The Bertz CT molecular complexity index is 807. The topological polar surface area (TPSA) is 43.4 Å². The van der Waals surface area contributed by atoms with Crippen LogP contribution >= 0.6 is 0 Å². The normalized spacial score (nSPS) is 35.3. The molecule has 3 aliphatic rings. The van der Waals surface area contributed by atoms with Crippen LogP contribution in [-0.4, -0.2) is 13.9 Å². The molecular formula is C21H31F3O3S. The number of rotatable bonds is 5. The number of alkyl halides is 3. The van der Waals surface area contributed by atoms with Gasteiger partial charge >= 0.3 is 15.6 Å². The highest BCUT2D eigenvalue weighted by atomic mass is 32.2. The molecule has 0 heterocycles. The van der Waals surface area contributed by atoms with Gasteiger partial charge in [0.15, 0.2) is 0 Å². The Labute approximate surface area is 166 Å². The molecule has 0 aliphatic heterocycles. The molecule has 0 saturated heterocycles. The van der Waals surface area contributed by atoms with Crippen LogP contribution in [0.5, 0.6) is 0 Å². The molecular weight excluding hydrogens is 389 g/mol. The third-order valence-corrected chi connectivity index (χ3v) is 8.39. The van der Waals surface area contributed by atoms with Crippen molar-refractivity contribution in [3.8, 4) is 0 Å². The van der Waals surface area contributed by atoms with E-state index in [1.807, 2.05) is 6.92 Å². The lowest BCUT2D eigenvalue weighted by Gasteiger charge is -2.37. The first kappa shape index (κ1) is 21.7. The Morgan fingerprint density at radius 1 is 1.21 bits per heavy atom. The van der Waals surface area contributed by atoms with E-state index in [0.717, 1.165) is 32.1 Å². The molecule has 3 nitrogen and oxygen atoms in total. The Balaban J connectivity index is 1.91. The quantitative estimate of drug-likeness (QED) is 0.296. The number of hydrogen-bond acceptors (Lipinski definition) is 3. The van der Waals surface area contributed by atoms with Crippen LogP contribution in [0, 0.1) is 28.6 Å². The SMILES string of the molecule is CC1=C(CC[C@@H]2C(OS(=O)(=O)C(F)(F)F)=C[C@@]3(C)CCC(C)(C)[C@@H]23)[C@H](C)CC1. The van der Waals surface area contributed by atoms with Crippen LogP contribution in [0.25, 0.3) is 0 Å². The molecule has 0 bridgehead atoms. The maximum Gasteiger partial charge on any atom is 0.534 e. The molecule has 0 aromatic carbocycles. The summed E-state index contributed by atoms with van der Waals surface area (Å²) in [6, 6.07) is 0. The Kier molecular flexibility index (Phi) is 5.26. The molecule has 0 radical (unpaired) electrons. The van der Waals surface area contributed by atoms with Crippen molar-refractivity contribution < 1.29 is 25.8 Å². The molecule has 160 valence electrons. The molecule has 1 fully saturated rings. The minimum atomic E-state index is -5.65. The van der Waals surface area contributed by atoms with Crippen molar-refractivity contribution in [2.75, 3.05) is 0 Å².